The molecule has 2 heterocycles. The van der Waals surface area contributed by atoms with E-state index < -0.39 is 0 Å². The van der Waals surface area contributed by atoms with Crippen LogP contribution in [-0.2, 0) is 4.74 Å². The number of fused-ring (bicyclic) bond motifs is 2. The van der Waals surface area contributed by atoms with Crippen molar-refractivity contribution in [3.8, 4) is 11.5 Å². The molecule has 0 saturated carbocycles. The van der Waals surface area contributed by atoms with Gasteiger partial charge in [-0.05, 0) is 36.4 Å². The molecule has 2 aromatic rings. The van der Waals surface area contributed by atoms with Gasteiger partial charge in [0.2, 0.25) is 0 Å². The van der Waals surface area contributed by atoms with Crippen molar-refractivity contribution >= 4 is 43.2 Å². The van der Waals surface area contributed by atoms with Crippen molar-refractivity contribution in [2.75, 3.05) is 18.1 Å². The quantitative estimate of drug-likeness (QED) is 0.678. The van der Waals surface area contributed by atoms with E-state index in [-0.39, 0.29) is 0 Å². The Balaban J connectivity index is 1.84. The minimum atomic E-state index is 0.320. The summed E-state index contributed by atoms with van der Waals surface area (Å²) in [6, 6.07) is 12.2. The Morgan fingerprint density at radius 2 is 1.55 bits per heavy atom. The highest BCUT2D eigenvalue weighted by Crippen LogP contribution is 2.48. The molecular formula is C15H11Br2NO2. The average Bonchev–Trinajstić information content (AvgIpc) is 3.21. The first kappa shape index (κ1) is 12.7. The fraction of sp³-hybridized carbons (Fsp3) is 0.200. The third kappa shape index (κ3) is 2.24. The lowest BCUT2D eigenvalue weighted by molar-refractivity contribution is 0.408. The van der Waals surface area contributed by atoms with Gasteiger partial charge in [0.05, 0.1) is 30.6 Å². The summed E-state index contributed by atoms with van der Waals surface area (Å²) in [5.74, 6) is 1.73. The highest BCUT2D eigenvalue weighted by atomic mass is 79.9. The summed E-state index contributed by atoms with van der Waals surface area (Å²) in [5.41, 5.74) is 2.16. The smallest absolute Gasteiger partial charge is 0.152 e. The van der Waals surface area contributed by atoms with E-state index in [0.29, 0.717) is 6.10 Å². The second-order valence-electron chi connectivity index (χ2n) is 4.89. The summed E-state index contributed by atoms with van der Waals surface area (Å²) < 4.78 is 13.4. The third-order valence-electron chi connectivity index (χ3n) is 3.43. The summed E-state index contributed by atoms with van der Waals surface area (Å²) >= 11 is 6.99. The fourth-order valence-corrected chi connectivity index (χ4v) is 3.09. The van der Waals surface area contributed by atoms with Crippen molar-refractivity contribution in [2.24, 2.45) is 0 Å². The molecule has 0 aromatic heterocycles. The van der Waals surface area contributed by atoms with Crippen molar-refractivity contribution < 1.29 is 9.47 Å². The maximum atomic E-state index is 6.03. The molecule has 2 aliphatic rings. The van der Waals surface area contributed by atoms with Gasteiger partial charge in [-0.2, -0.15) is 0 Å². The lowest BCUT2D eigenvalue weighted by Gasteiger charge is -2.32. The van der Waals surface area contributed by atoms with Gasteiger partial charge in [0, 0.05) is 8.95 Å². The molecule has 5 heteroatoms. The van der Waals surface area contributed by atoms with Gasteiger partial charge in [-0.15, -0.1) is 0 Å². The van der Waals surface area contributed by atoms with Crippen LogP contribution < -0.4 is 9.64 Å². The molecule has 0 aliphatic carbocycles. The number of hydrogen-bond acceptors (Lipinski definition) is 3. The summed E-state index contributed by atoms with van der Waals surface area (Å²) in [7, 11) is 0. The molecule has 0 radical (unpaired) electrons. The first-order valence-electron chi connectivity index (χ1n) is 6.37. The van der Waals surface area contributed by atoms with Crippen LogP contribution in [-0.4, -0.2) is 19.3 Å². The Bertz CT molecular complexity index is 634. The molecule has 1 fully saturated rings. The monoisotopic (exact) mass is 395 g/mol. The molecule has 102 valence electrons. The van der Waals surface area contributed by atoms with Crippen LogP contribution in [0.25, 0.3) is 0 Å². The zero-order valence-corrected chi connectivity index (χ0v) is 13.6. The number of hydrogen-bond donors (Lipinski definition) is 0. The SMILES string of the molecule is Brc1ccc2c(c1)Oc1cc(Br)ccc1N2CC1CO1. The van der Waals surface area contributed by atoms with Gasteiger partial charge < -0.3 is 14.4 Å². The molecule has 2 aliphatic heterocycles. The molecule has 2 aromatic carbocycles. The molecule has 1 unspecified atom stereocenters. The van der Waals surface area contributed by atoms with Crippen molar-refractivity contribution in [2.45, 2.75) is 6.10 Å². The first-order valence-corrected chi connectivity index (χ1v) is 7.95. The summed E-state index contributed by atoms with van der Waals surface area (Å²) in [6.45, 7) is 1.70. The van der Waals surface area contributed by atoms with Crippen LogP contribution in [0.1, 0.15) is 0 Å². The molecular weight excluding hydrogens is 386 g/mol. The Labute approximate surface area is 133 Å². The van der Waals surface area contributed by atoms with E-state index in [1.54, 1.807) is 0 Å². The van der Waals surface area contributed by atoms with E-state index in [2.05, 4.69) is 48.9 Å². The van der Waals surface area contributed by atoms with E-state index in [1.165, 1.54) is 0 Å². The molecule has 0 spiro atoms. The fourth-order valence-electron chi connectivity index (χ4n) is 2.41. The number of anilines is 2. The number of nitrogens with zero attached hydrogens (tertiary/aromatic N) is 1. The highest BCUT2D eigenvalue weighted by Gasteiger charge is 2.31. The molecule has 4 rings (SSSR count). The van der Waals surface area contributed by atoms with Gasteiger partial charge in [0.1, 0.15) is 0 Å². The Kier molecular flexibility index (Phi) is 3.02. The highest BCUT2D eigenvalue weighted by molar-refractivity contribution is 9.10. The van der Waals surface area contributed by atoms with E-state index in [4.69, 9.17) is 9.47 Å². The Hall–Kier alpha value is -1.04. The average molecular weight is 397 g/mol. The predicted molar refractivity (Wildman–Crippen MR) is 85.1 cm³/mol. The van der Waals surface area contributed by atoms with Crippen LogP contribution in [0.15, 0.2) is 45.3 Å². The number of benzene rings is 2. The van der Waals surface area contributed by atoms with Gasteiger partial charge >= 0.3 is 0 Å². The normalized spacial score (nSPS) is 19.1. The minimum Gasteiger partial charge on any atom is -0.453 e. The molecule has 3 nitrogen and oxygen atoms in total. The summed E-state index contributed by atoms with van der Waals surface area (Å²) in [4.78, 5) is 2.27. The third-order valence-corrected chi connectivity index (χ3v) is 4.42. The minimum absolute atomic E-state index is 0.320. The van der Waals surface area contributed by atoms with Crippen LogP contribution in [0.4, 0.5) is 11.4 Å². The summed E-state index contributed by atoms with van der Waals surface area (Å²) in [5, 5.41) is 0. The van der Waals surface area contributed by atoms with Crippen LogP contribution >= 0.6 is 31.9 Å². The largest absolute Gasteiger partial charge is 0.453 e. The van der Waals surface area contributed by atoms with E-state index in [0.717, 1.165) is 45.0 Å². The van der Waals surface area contributed by atoms with Gasteiger partial charge in [-0.25, -0.2) is 0 Å². The Morgan fingerprint density at radius 3 is 2.05 bits per heavy atom. The van der Waals surface area contributed by atoms with Gasteiger partial charge in [0.15, 0.2) is 11.5 Å². The number of rotatable bonds is 2. The lowest BCUT2D eigenvalue weighted by Crippen LogP contribution is -2.25. The second kappa shape index (κ2) is 4.76. The number of epoxide rings is 1. The first-order chi connectivity index (χ1) is 9.70. The van der Waals surface area contributed by atoms with Crippen LogP contribution in [0.3, 0.4) is 0 Å². The molecule has 0 N–H and O–H groups in total. The van der Waals surface area contributed by atoms with Crippen molar-refractivity contribution in [1.29, 1.82) is 0 Å². The van der Waals surface area contributed by atoms with Crippen molar-refractivity contribution in [3.05, 3.63) is 45.3 Å². The maximum absolute atomic E-state index is 6.03. The topological polar surface area (TPSA) is 25.0 Å². The van der Waals surface area contributed by atoms with Crippen molar-refractivity contribution in [1.82, 2.24) is 0 Å². The molecule has 0 amide bonds. The van der Waals surface area contributed by atoms with Gasteiger partial charge in [0.25, 0.3) is 0 Å². The van der Waals surface area contributed by atoms with E-state index in [1.807, 2.05) is 24.3 Å². The van der Waals surface area contributed by atoms with Gasteiger partial charge in [-0.3, -0.25) is 0 Å². The zero-order valence-electron chi connectivity index (χ0n) is 10.5. The molecule has 0 bridgehead atoms. The molecule has 1 saturated heterocycles. The maximum Gasteiger partial charge on any atom is 0.152 e. The standard InChI is InChI=1S/C15H11Br2NO2/c16-9-1-3-12-14(5-9)20-15-6-10(17)2-4-13(15)18(12)7-11-8-19-11/h1-6,11H,7-8H2. The lowest BCUT2D eigenvalue weighted by atomic mass is 10.1. The van der Waals surface area contributed by atoms with Crippen LogP contribution in [0.2, 0.25) is 0 Å². The number of halogens is 2. The van der Waals surface area contributed by atoms with Crippen LogP contribution in [0, 0.1) is 0 Å². The Morgan fingerprint density at radius 1 is 1.00 bits per heavy atom. The second-order valence-corrected chi connectivity index (χ2v) is 6.72. The number of ether oxygens (including phenoxy) is 2. The summed E-state index contributed by atoms with van der Waals surface area (Å²) in [6.07, 6.45) is 0.320. The van der Waals surface area contributed by atoms with Crippen LogP contribution in [0.5, 0.6) is 11.5 Å². The molecule has 1 atom stereocenters. The van der Waals surface area contributed by atoms with E-state index in [9.17, 15) is 0 Å². The van der Waals surface area contributed by atoms with Gasteiger partial charge in [-0.1, -0.05) is 31.9 Å². The van der Waals surface area contributed by atoms with Crippen molar-refractivity contribution in [3.63, 3.8) is 0 Å². The predicted octanol–water partition coefficient (Wildman–Crippen LogP) is 4.85. The van der Waals surface area contributed by atoms with E-state index >= 15 is 0 Å². The zero-order chi connectivity index (χ0) is 13.7. The molecule has 20 heavy (non-hydrogen) atoms.